The van der Waals surface area contributed by atoms with E-state index in [-0.39, 0.29) is 52.4 Å². The molecule has 1 heterocycles. The van der Waals surface area contributed by atoms with E-state index in [0.29, 0.717) is 0 Å². The third-order valence-corrected chi connectivity index (χ3v) is 6.25. The molecular formula is C20H32N4O8-4. The first kappa shape index (κ1) is 27.8. The van der Waals surface area contributed by atoms with Crippen molar-refractivity contribution in [3.05, 3.63) is 0 Å². The molecule has 4 unspecified atom stereocenters. The molecule has 0 aliphatic carbocycles. The van der Waals surface area contributed by atoms with Gasteiger partial charge in [-0.15, -0.1) is 0 Å². The van der Waals surface area contributed by atoms with E-state index in [1.54, 1.807) is 19.6 Å². The van der Waals surface area contributed by atoms with Gasteiger partial charge in [-0.05, 0) is 27.7 Å². The molecule has 1 aliphatic heterocycles. The van der Waals surface area contributed by atoms with Gasteiger partial charge in [-0.3, -0.25) is 19.6 Å². The highest BCUT2D eigenvalue weighted by Gasteiger charge is 2.25. The Morgan fingerprint density at radius 3 is 0.656 bits per heavy atom. The molecule has 1 aliphatic rings. The second-order valence-electron chi connectivity index (χ2n) is 8.12. The fourth-order valence-electron chi connectivity index (χ4n) is 3.62. The van der Waals surface area contributed by atoms with Gasteiger partial charge in [0.1, 0.15) is 0 Å². The van der Waals surface area contributed by atoms with Crippen LogP contribution in [0.4, 0.5) is 0 Å². The van der Waals surface area contributed by atoms with Gasteiger partial charge in [0.25, 0.3) is 0 Å². The van der Waals surface area contributed by atoms with Crippen LogP contribution in [-0.2, 0) is 19.2 Å². The van der Waals surface area contributed by atoms with Gasteiger partial charge in [-0.2, -0.15) is 0 Å². The molecule has 12 nitrogen and oxygen atoms in total. The number of nitrogens with zero attached hydrogens (tertiary/aromatic N) is 4. The highest BCUT2D eigenvalue weighted by molar-refractivity contribution is 5.72. The van der Waals surface area contributed by atoms with Crippen molar-refractivity contribution >= 4 is 23.9 Å². The zero-order valence-electron chi connectivity index (χ0n) is 19.0. The van der Waals surface area contributed by atoms with E-state index in [9.17, 15) is 39.6 Å². The van der Waals surface area contributed by atoms with Crippen molar-refractivity contribution in [3.63, 3.8) is 0 Å². The molecule has 1 rings (SSSR count). The molecule has 184 valence electrons. The minimum atomic E-state index is -1.30. The van der Waals surface area contributed by atoms with E-state index >= 15 is 0 Å². The maximum Gasteiger partial charge on any atom is 0.0583 e. The minimum absolute atomic E-state index is 0.177. The summed E-state index contributed by atoms with van der Waals surface area (Å²) in [6.07, 6.45) is 0. The number of rotatable bonds is 8. The predicted octanol–water partition coefficient (Wildman–Crippen LogP) is -6.24. The van der Waals surface area contributed by atoms with Gasteiger partial charge < -0.3 is 39.6 Å². The Morgan fingerprint density at radius 1 is 0.438 bits per heavy atom. The molecule has 0 aromatic rings. The van der Waals surface area contributed by atoms with Crippen molar-refractivity contribution in [2.75, 3.05) is 52.4 Å². The minimum Gasteiger partial charge on any atom is -0.548 e. The van der Waals surface area contributed by atoms with Gasteiger partial charge in [-0.1, -0.05) is 0 Å². The molecule has 1 fully saturated rings. The summed E-state index contributed by atoms with van der Waals surface area (Å²) in [5.74, 6) is -5.20. The quantitative estimate of drug-likeness (QED) is 0.338. The Hall–Kier alpha value is -2.28. The lowest BCUT2D eigenvalue weighted by atomic mass is 10.2. The summed E-state index contributed by atoms with van der Waals surface area (Å²) >= 11 is 0. The fraction of sp³-hybridized carbons (Fsp3) is 0.800. The Balaban J connectivity index is 3.21. The molecule has 0 spiro atoms. The SMILES string of the molecule is CC(C(=O)[O-])N1CCN(C(C)C(=O)[O-])CCN(C(C)C(=O)[O-])CCN(C(C)C(=O)[O-])CC1. The van der Waals surface area contributed by atoms with Gasteiger partial charge in [0.15, 0.2) is 0 Å². The molecule has 0 N–H and O–H groups in total. The predicted molar refractivity (Wildman–Crippen MR) is 104 cm³/mol. The van der Waals surface area contributed by atoms with Crippen LogP contribution in [0.3, 0.4) is 0 Å². The van der Waals surface area contributed by atoms with Crippen LogP contribution < -0.4 is 20.4 Å². The number of carboxylic acids is 4. The summed E-state index contributed by atoms with van der Waals surface area (Å²) in [6.45, 7) is 7.21. The lowest BCUT2D eigenvalue weighted by Crippen LogP contribution is -2.58. The van der Waals surface area contributed by atoms with E-state index < -0.39 is 48.0 Å². The first-order chi connectivity index (χ1) is 14.9. The fourth-order valence-corrected chi connectivity index (χ4v) is 3.62. The van der Waals surface area contributed by atoms with Crippen LogP contribution >= 0.6 is 0 Å². The van der Waals surface area contributed by atoms with Gasteiger partial charge in [-0.25, -0.2) is 0 Å². The van der Waals surface area contributed by atoms with Crippen LogP contribution in [0.2, 0.25) is 0 Å². The molecule has 1 saturated heterocycles. The maximum absolute atomic E-state index is 11.4. The van der Waals surface area contributed by atoms with Crippen molar-refractivity contribution in [2.45, 2.75) is 51.9 Å². The van der Waals surface area contributed by atoms with E-state index in [4.69, 9.17) is 0 Å². The molecule has 0 saturated carbocycles. The number of hydrogen-bond donors (Lipinski definition) is 0. The van der Waals surface area contributed by atoms with Crippen LogP contribution in [-0.4, -0.2) is 120 Å². The molecule has 4 atom stereocenters. The van der Waals surface area contributed by atoms with Crippen LogP contribution in [0.15, 0.2) is 0 Å². The summed E-state index contributed by atoms with van der Waals surface area (Å²) < 4.78 is 0. The first-order valence-corrected chi connectivity index (χ1v) is 10.7. The smallest absolute Gasteiger partial charge is 0.0583 e. The van der Waals surface area contributed by atoms with Crippen LogP contribution in [0, 0.1) is 0 Å². The summed E-state index contributed by atoms with van der Waals surface area (Å²) in [6, 6.07) is -3.92. The Bertz CT molecular complexity index is 548. The number of aliphatic carboxylic acids is 4. The second-order valence-corrected chi connectivity index (χ2v) is 8.12. The van der Waals surface area contributed by atoms with E-state index in [2.05, 4.69) is 0 Å². The molecule has 32 heavy (non-hydrogen) atoms. The zero-order valence-corrected chi connectivity index (χ0v) is 19.0. The van der Waals surface area contributed by atoms with Crippen molar-refractivity contribution in [1.29, 1.82) is 0 Å². The normalized spacial score (nSPS) is 22.6. The van der Waals surface area contributed by atoms with Gasteiger partial charge in [0.2, 0.25) is 0 Å². The second kappa shape index (κ2) is 12.7. The summed E-state index contributed by atoms with van der Waals surface area (Å²) in [4.78, 5) is 52.1. The Morgan fingerprint density at radius 2 is 0.562 bits per heavy atom. The van der Waals surface area contributed by atoms with E-state index in [0.717, 1.165) is 0 Å². The Labute approximate surface area is 188 Å². The molecule has 0 amide bonds. The van der Waals surface area contributed by atoms with Crippen molar-refractivity contribution in [1.82, 2.24) is 19.6 Å². The molecule has 0 radical (unpaired) electrons. The molecular weight excluding hydrogens is 424 g/mol. The van der Waals surface area contributed by atoms with Gasteiger partial charge in [0.05, 0.1) is 23.9 Å². The molecule has 0 aromatic carbocycles. The average Bonchev–Trinajstić information content (AvgIpc) is 2.72. The van der Waals surface area contributed by atoms with Crippen molar-refractivity contribution < 1.29 is 39.6 Å². The molecule has 0 aromatic heterocycles. The summed E-state index contributed by atoms with van der Waals surface area (Å²) in [5, 5.41) is 45.8. The van der Waals surface area contributed by atoms with E-state index in [1.165, 1.54) is 27.7 Å². The van der Waals surface area contributed by atoms with Crippen molar-refractivity contribution in [3.8, 4) is 0 Å². The third kappa shape index (κ3) is 8.01. The average molecular weight is 456 g/mol. The number of carbonyl (C=O) groups is 4. The maximum atomic E-state index is 11.4. The molecule has 0 bridgehead atoms. The monoisotopic (exact) mass is 456 g/mol. The molecule has 12 heteroatoms. The standard InChI is InChI=1S/C20H36N4O8/c1-13(17(25)26)21-5-7-22(14(2)18(27)28)9-11-24(16(4)20(31)32)12-10-23(8-6-21)15(3)19(29)30/h13-16H,5-12H2,1-4H3,(H,25,26)(H,27,28)(H,29,30)(H,31,32)/p-4. The third-order valence-electron chi connectivity index (χ3n) is 6.25. The van der Waals surface area contributed by atoms with Crippen molar-refractivity contribution in [2.24, 2.45) is 0 Å². The number of hydrogen-bond acceptors (Lipinski definition) is 12. The summed E-state index contributed by atoms with van der Waals surface area (Å²) in [5.41, 5.74) is 0. The lowest BCUT2D eigenvalue weighted by Gasteiger charge is -2.40. The van der Waals surface area contributed by atoms with Crippen LogP contribution in [0.25, 0.3) is 0 Å². The van der Waals surface area contributed by atoms with Gasteiger partial charge >= 0.3 is 0 Å². The van der Waals surface area contributed by atoms with E-state index in [1.807, 2.05) is 0 Å². The van der Waals surface area contributed by atoms with Crippen LogP contribution in [0.5, 0.6) is 0 Å². The topological polar surface area (TPSA) is 173 Å². The zero-order chi connectivity index (χ0) is 24.6. The first-order valence-electron chi connectivity index (χ1n) is 10.7. The highest BCUT2D eigenvalue weighted by Crippen LogP contribution is 2.09. The summed E-state index contributed by atoms with van der Waals surface area (Å²) in [7, 11) is 0. The number of carbonyl (C=O) groups excluding carboxylic acids is 4. The highest BCUT2D eigenvalue weighted by atomic mass is 16.4. The van der Waals surface area contributed by atoms with Crippen LogP contribution in [0.1, 0.15) is 27.7 Å². The largest absolute Gasteiger partial charge is 0.548 e. The number of carboxylic acid groups (broad SMARTS) is 4. The lowest BCUT2D eigenvalue weighted by molar-refractivity contribution is -0.314. The van der Waals surface area contributed by atoms with Gasteiger partial charge in [0, 0.05) is 76.5 Å². The Kier molecular flexibility index (Phi) is 11.0.